The van der Waals surface area contributed by atoms with E-state index in [9.17, 15) is 0 Å². The molecule has 0 bridgehead atoms. The summed E-state index contributed by atoms with van der Waals surface area (Å²) in [5.41, 5.74) is 1.45. The highest BCUT2D eigenvalue weighted by Gasteiger charge is 2.16. The highest BCUT2D eigenvalue weighted by atomic mass is 79.9. The second-order valence-corrected chi connectivity index (χ2v) is 6.61. The zero-order valence-corrected chi connectivity index (χ0v) is 16.2. The minimum Gasteiger partial charge on any atom is -0.490 e. The molecule has 0 aliphatic heterocycles. The summed E-state index contributed by atoms with van der Waals surface area (Å²) in [6, 6.07) is 8.95. The van der Waals surface area contributed by atoms with Crippen molar-refractivity contribution in [2.75, 3.05) is 6.61 Å². The Morgan fingerprint density at radius 3 is 2.56 bits per heavy atom. The van der Waals surface area contributed by atoms with E-state index in [1.165, 1.54) is 0 Å². The van der Waals surface area contributed by atoms with Crippen LogP contribution in [0.5, 0.6) is 11.5 Å². The minimum atomic E-state index is 0.207. The molecule has 6 nitrogen and oxygen atoms in total. The van der Waals surface area contributed by atoms with Crippen LogP contribution < -0.4 is 9.47 Å². The van der Waals surface area contributed by atoms with Gasteiger partial charge in [-0.15, -0.1) is 10.2 Å². The maximum absolute atomic E-state index is 6.19. The van der Waals surface area contributed by atoms with Crippen LogP contribution in [-0.4, -0.2) is 27.2 Å². The second kappa shape index (κ2) is 8.03. The number of halogens is 3. The Hall–Kier alpha value is -1.83. The Kier molecular flexibility index (Phi) is 5.78. The largest absolute Gasteiger partial charge is 0.490 e. The third kappa shape index (κ3) is 4.05. The number of H-pyrrole nitrogens is 1. The maximum Gasteiger partial charge on any atom is 0.204 e. The number of rotatable bonds is 6. The molecule has 3 rings (SSSR count). The van der Waals surface area contributed by atoms with Crippen molar-refractivity contribution in [3.63, 3.8) is 0 Å². The first kappa shape index (κ1) is 18.0. The Labute approximate surface area is 162 Å². The molecular weight excluding hydrogens is 431 g/mol. The van der Waals surface area contributed by atoms with Crippen molar-refractivity contribution < 1.29 is 9.47 Å². The normalized spacial score (nSPS) is 10.7. The fraction of sp³-hybridized carbons (Fsp3) is 0.188. The summed E-state index contributed by atoms with van der Waals surface area (Å²) in [5.74, 6) is 1.56. The van der Waals surface area contributed by atoms with E-state index in [1.807, 2.05) is 13.0 Å². The van der Waals surface area contributed by atoms with Crippen molar-refractivity contribution in [1.29, 1.82) is 0 Å². The summed E-state index contributed by atoms with van der Waals surface area (Å²) in [7, 11) is 0. The van der Waals surface area contributed by atoms with Gasteiger partial charge in [-0.25, -0.2) is 0 Å². The average molecular weight is 444 g/mol. The van der Waals surface area contributed by atoms with Crippen molar-refractivity contribution >= 4 is 39.1 Å². The summed E-state index contributed by atoms with van der Waals surface area (Å²) < 4.78 is 12.3. The third-order valence-electron chi connectivity index (χ3n) is 3.34. The average Bonchev–Trinajstić information content (AvgIpc) is 3.11. The van der Waals surface area contributed by atoms with E-state index in [0.717, 1.165) is 5.56 Å². The van der Waals surface area contributed by atoms with E-state index < -0.39 is 0 Å². The van der Waals surface area contributed by atoms with E-state index >= 15 is 0 Å². The zero-order chi connectivity index (χ0) is 17.8. The predicted molar refractivity (Wildman–Crippen MR) is 99.3 cm³/mol. The first-order chi connectivity index (χ1) is 12.1. The lowest BCUT2D eigenvalue weighted by Crippen LogP contribution is -2.02. The van der Waals surface area contributed by atoms with Gasteiger partial charge in [0.05, 0.1) is 11.1 Å². The van der Waals surface area contributed by atoms with Crippen LogP contribution in [-0.2, 0) is 6.61 Å². The van der Waals surface area contributed by atoms with Crippen molar-refractivity contribution in [3.05, 3.63) is 50.4 Å². The van der Waals surface area contributed by atoms with Crippen molar-refractivity contribution in [2.45, 2.75) is 13.5 Å². The Balaban J connectivity index is 1.92. The summed E-state index contributed by atoms with van der Waals surface area (Å²) in [6.07, 6.45) is 0. The number of hydrogen-bond acceptors (Lipinski definition) is 5. The molecule has 0 amide bonds. The highest BCUT2D eigenvalue weighted by molar-refractivity contribution is 9.10. The van der Waals surface area contributed by atoms with E-state index in [1.54, 1.807) is 24.3 Å². The number of benzene rings is 2. The predicted octanol–water partition coefficient (Wildman–Crippen LogP) is 4.91. The van der Waals surface area contributed by atoms with Crippen molar-refractivity contribution in [2.24, 2.45) is 0 Å². The molecule has 0 aliphatic rings. The lowest BCUT2D eigenvalue weighted by atomic mass is 10.2. The molecule has 0 saturated heterocycles. The van der Waals surface area contributed by atoms with Crippen LogP contribution in [0.25, 0.3) is 11.4 Å². The fourth-order valence-electron chi connectivity index (χ4n) is 2.20. The van der Waals surface area contributed by atoms with Crippen LogP contribution in [0.2, 0.25) is 10.0 Å². The molecule has 0 saturated carbocycles. The highest BCUT2D eigenvalue weighted by Crippen LogP contribution is 2.40. The standard InChI is InChI=1S/C16H13BrCl2N4O2/c1-2-24-14-7-9(16-20-22-23-21-16)6-11(17)15(14)25-8-10-12(18)4-3-5-13(10)19/h3-7H,2,8H2,1H3,(H,20,21,22,23). The van der Waals surface area contributed by atoms with Gasteiger partial charge in [0, 0.05) is 21.2 Å². The molecule has 0 fully saturated rings. The van der Waals surface area contributed by atoms with Gasteiger partial charge in [-0.1, -0.05) is 29.3 Å². The monoisotopic (exact) mass is 442 g/mol. The smallest absolute Gasteiger partial charge is 0.204 e. The number of aromatic nitrogens is 4. The molecule has 9 heteroatoms. The first-order valence-corrected chi connectivity index (χ1v) is 8.91. The molecule has 1 heterocycles. The van der Waals surface area contributed by atoms with Gasteiger partial charge in [0.2, 0.25) is 5.82 Å². The van der Waals surface area contributed by atoms with Crippen molar-refractivity contribution in [3.8, 4) is 22.9 Å². The zero-order valence-electron chi connectivity index (χ0n) is 13.1. The van der Waals surface area contributed by atoms with Crippen LogP contribution >= 0.6 is 39.1 Å². The lowest BCUT2D eigenvalue weighted by Gasteiger charge is -2.15. The molecular formula is C16H13BrCl2N4O2. The van der Waals surface area contributed by atoms with E-state index in [0.29, 0.717) is 44.0 Å². The summed E-state index contributed by atoms with van der Waals surface area (Å²) >= 11 is 15.9. The van der Waals surface area contributed by atoms with Crippen LogP contribution in [0.3, 0.4) is 0 Å². The molecule has 1 aromatic heterocycles. The number of nitrogens with zero attached hydrogens (tertiary/aromatic N) is 3. The molecule has 0 aliphatic carbocycles. The molecule has 1 N–H and O–H groups in total. The molecule has 2 aromatic carbocycles. The van der Waals surface area contributed by atoms with Gasteiger partial charge < -0.3 is 9.47 Å². The van der Waals surface area contributed by atoms with E-state index in [2.05, 4.69) is 36.6 Å². The Morgan fingerprint density at radius 2 is 1.92 bits per heavy atom. The Morgan fingerprint density at radius 1 is 1.16 bits per heavy atom. The van der Waals surface area contributed by atoms with Crippen LogP contribution in [0.1, 0.15) is 12.5 Å². The fourth-order valence-corrected chi connectivity index (χ4v) is 3.26. The number of aromatic amines is 1. The minimum absolute atomic E-state index is 0.207. The number of nitrogens with one attached hydrogen (secondary N) is 1. The third-order valence-corrected chi connectivity index (χ3v) is 4.63. The van der Waals surface area contributed by atoms with Crippen molar-refractivity contribution in [1.82, 2.24) is 20.6 Å². The number of tetrazole rings is 1. The lowest BCUT2D eigenvalue weighted by molar-refractivity contribution is 0.268. The molecule has 25 heavy (non-hydrogen) atoms. The molecule has 0 radical (unpaired) electrons. The first-order valence-electron chi connectivity index (χ1n) is 7.36. The Bertz CT molecular complexity index is 855. The summed E-state index contributed by atoms with van der Waals surface area (Å²) in [6.45, 7) is 2.58. The van der Waals surface area contributed by atoms with Gasteiger partial charge in [0.25, 0.3) is 0 Å². The van der Waals surface area contributed by atoms with Gasteiger partial charge >= 0.3 is 0 Å². The van der Waals surface area contributed by atoms with Gasteiger partial charge in [0.1, 0.15) is 6.61 Å². The van der Waals surface area contributed by atoms with E-state index in [-0.39, 0.29) is 6.61 Å². The van der Waals surface area contributed by atoms with Gasteiger partial charge in [0.15, 0.2) is 11.5 Å². The molecule has 130 valence electrons. The van der Waals surface area contributed by atoms with Crippen LogP contribution in [0.15, 0.2) is 34.8 Å². The second-order valence-electron chi connectivity index (χ2n) is 4.94. The summed E-state index contributed by atoms with van der Waals surface area (Å²) in [4.78, 5) is 0. The van der Waals surface area contributed by atoms with E-state index in [4.69, 9.17) is 32.7 Å². The quantitative estimate of drug-likeness (QED) is 0.585. The SMILES string of the molecule is CCOc1cc(-c2nn[nH]n2)cc(Br)c1OCc1c(Cl)cccc1Cl. The molecule has 0 spiro atoms. The van der Waals surface area contributed by atoms with Gasteiger partial charge in [-0.2, -0.15) is 5.21 Å². The summed E-state index contributed by atoms with van der Waals surface area (Å²) in [5, 5.41) is 15.0. The van der Waals surface area contributed by atoms with Crippen LogP contribution in [0, 0.1) is 0 Å². The van der Waals surface area contributed by atoms with Gasteiger partial charge in [-0.3, -0.25) is 0 Å². The molecule has 3 aromatic rings. The number of hydrogen-bond donors (Lipinski definition) is 1. The molecule has 0 unspecified atom stereocenters. The molecule has 0 atom stereocenters. The van der Waals surface area contributed by atoms with Gasteiger partial charge in [-0.05, 0) is 52.3 Å². The number of ether oxygens (including phenoxy) is 2. The van der Waals surface area contributed by atoms with Crippen LogP contribution in [0.4, 0.5) is 0 Å². The maximum atomic E-state index is 6.19. The topological polar surface area (TPSA) is 72.9 Å².